The van der Waals surface area contributed by atoms with Gasteiger partial charge in [-0.25, -0.2) is 9.97 Å². The molecule has 0 aliphatic carbocycles. The lowest BCUT2D eigenvalue weighted by molar-refractivity contribution is -0.138. The molecule has 33 heavy (non-hydrogen) atoms. The molecule has 7 nitrogen and oxygen atoms in total. The van der Waals surface area contributed by atoms with Gasteiger partial charge in [-0.15, -0.1) is 11.3 Å². The minimum atomic E-state index is -4.56. The zero-order valence-corrected chi connectivity index (χ0v) is 18.8. The smallest absolute Gasteiger partial charge is 0.418 e. The van der Waals surface area contributed by atoms with Crippen LogP contribution in [0.1, 0.15) is 42.6 Å². The third-order valence-corrected chi connectivity index (χ3v) is 6.24. The van der Waals surface area contributed by atoms with E-state index in [0.717, 1.165) is 30.8 Å². The molecule has 1 amide bonds. The Balaban J connectivity index is 1.55. The largest absolute Gasteiger partial charge is 0.452 e. The molecule has 4 rings (SSSR count). The van der Waals surface area contributed by atoms with Crippen LogP contribution in [0.5, 0.6) is 11.5 Å². The minimum Gasteiger partial charge on any atom is -0.452 e. The molecule has 11 heteroatoms. The first-order valence-corrected chi connectivity index (χ1v) is 11.2. The highest BCUT2D eigenvalue weighted by molar-refractivity contribution is 7.13. The summed E-state index contributed by atoms with van der Waals surface area (Å²) in [7, 11) is 0. The van der Waals surface area contributed by atoms with Crippen LogP contribution in [0.25, 0.3) is 0 Å². The number of pyridine rings is 2. The Kier molecular flexibility index (Phi) is 6.50. The van der Waals surface area contributed by atoms with Crippen LogP contribution in [0.3, 0.4) is 0 Å². The molecule has 1 aliphatic rings. The van der Waals surface area contributed by atoms with E-state index in [4.69, 9.17) is 4.74 Å². The van der Waals surface area contributed by atoms with Gasteiger partial charge in [-0.2, -0.15) is 13.2 Å². The number of aromatic nitrogens is 3. The molecule has 0 unspecified atom stereocenters. The van der Waals surface area contributed by atoms with Crippen LogP contribution >= 0.6 is 11.3 Å². The lowest BCUT2D eigenvalue weighted by Gasteiger charge is -2.30. The quantitative estimate of drug-likeness (QED) is 0.521. The fourth-order valence-electron chi connectivity index (χ4n) is 3.59. The van der Waals surface area contributed by atoms with E-state index in [2.05, 4.69) is 20.3 Å². The van der Waals surface area contributed by atoms with Crippen molar-refractivity contribution in [3.8, 4) is 11.5 Å². The van der Waals surface area contributed by atoms with Gasteiger partial charge in [0.05, 0.1) is 17.0 Å². The third kappa shape index (κ3) is 5.41. The molecular weight excluding hydrogens is 455 g/mol. The number of piperidine rings is 1. The molecule has 0 atom stereocenters. The Morgan fingerprint density at radius 1 is 1.24 bits per heavy atom. The monoisotopic (exact) mass is 477 g/mol. The van der Waals surface area contributed by atoms with E-state index in [-0.39, 0.29) is 23.4 Å². The number of ether oxygens (including phenoxy) is 1. The summed E-state index contributed by atoms with van der Waals surface area (Å²) >= 11 is 1.34. The number of anilines is 2. The van der Waals surface area contributed by atoms with Crippen LogP contribution in [-0.4, -0.2) is 38.8 Å². The van der Waals surface area contributed by atoms with Gasteiger partial charge in [-0.3, -0.25) is 9.78 Å². The number of amides is 1. The SMILES string of the molecule is CC(=O)N1CCC(c2csc(Nc3ncc(C(F)(F)F)cc3Oc3cccnc3C)n2)CC1. The van der Waals surface area contributed by atoms with Gasteiger partial charge < -0.3 is 15.0 Å². The normalized spacial score (nSPS) is 14.9. The average Bonchev–Trinajstić information content (AvgIpc) is 3.24. The Morgan fingerprint density at radius 2 is 2.00 bits per heavy atom. The van der Waals surface area contributed by atoms with E-state index in [1.54, 1.807) is 32.2 Å². The Morgan fingerprint density at radius 3 is 2.67 bits per heavy atom. The van der Waals surface area contributed by atoms with Crippen molar-refractivity contribution in [3.63, 3.8) is 0 Å². The van der Waals surface area contributed by atoms with Crippen LogP contribution in [0.4, 0.5) is 24.1 Å². The molecule has 1 aliphatic heterocycles. The number of nitrogens with one attached hydrogen (secondary N) is 1. The van der Waals surface area contributed by atoms with E-state index >= 15 is 0 Å². The molecular formula is C22H22F3N5O2S. The summed E-state index contributed by atoms with van der Waals surface area (Å²) in [4.78, 5) is 26.0. The van der Waals surface area contributed by atoms with Gasteiger partial charge in [0.15, 0.2) is 16.7 Å². The predicted octanol–water partition coefficient (Wildman–Crippen LogP) is 5.52. The number of carbonyl (C=O) groups is 1. The van der Waals surface area contributed by atoms with Crippen LogP contribution < -0.4 is 10.1 Å². The second kappa shape index (κ2) is 9.34. The fraction of sp³-hybridized carbons (Fsp3) is 0.364. The van der Waals surface area contributed by atoms with Crippen LogP contribution in [-0.2, 0) is 11.0 Å². The molecule has 0 spiro atoms. The Hall–Kier alpha value is -3.21. The van der Waals surface area contributed by atoms with E-state index in [9.17, 15) is 18.0 Å². The highest BCUT2D eigenvalue weighted by Gasteiger charge is 2.32. The number of alkyl halides is 3. The molecule has 174 valence electrons. The van der Waals surface area contributed by atoms with Crippen LogP contribution in [0.15, 0.2) is 36.0 Å². The number of carbonyl (C=O) groups excluding carboxylic acids is 1. The molecule has 4 heterocycles. The number of nitrogens with zero attached hydrogens (tertiary/aromatic N) is 4. The molecule has 1 N–H and O–H groups in total. The molecule has 3 aromatic rings. The number of likely N-dealkylation sites (tertiary alicyclic amines) is 1. The summed E-state index contributed by atoms with van der Waals surface area (Å²) in [6.07, 6.45) is -0.594. The summed E-state index contributed by atoms with van der Waals surface area (Å²) in [5, 5.41) is 5.42. The van der Waals surface area contributed by atoms with E-state index in [0.29, 0.717) is 29.7 Å². The van der Waals surface area contributed by atoms with E-state index < -0.39 is 11.7 Å². The molecule has 0 bridgehead atoms. The maximum Gasteiger partial charge on any atom is 0.418 e. The van der Waals surface area contributed by atoms with Gasteiger partial charge in [-0.05, 0) is 38.0 Å². The highest BCUT2D eigenvalue weighted by Crippen LogP contribution is 2.38. The summed E-state index contributed by atoms with van der Waals surface area (Å²) in [5.41, 5.74) is 0.513. The van der Waals surface area contributed by atoms with Gasteiger partial charge in [0.2, 0.25) is 5.91 Å². The highest BCUT2D eigenvalue weighted by atomic mass is 32.1. The van der Waals surface area contributed by atoms with Gasteiger partial charge in [0.1, 0.15) is 5.75 Å². The predicted molar refractivity (Wildman–Crippen MR) is 118 cm³/mol. The molecule has 3 aromatic heterocycles. The zero-order chi connectivity index (χ0) is 23.6. The lowest BCUT2D eigenvalue weighted by Crippen LogP contribution is -2.36. The van der Waals surface area contributed by atoms with Gasteiger partial charge in [0, 0.05) is 43.7 Å². The van der Waals surface area contributed by atoms with Crippen molar-refractivity contribution in [2.24, 2.45) is 0 Å². The number of rotatable bonds is 5. The number of hydrogen-bond donors (Lipinski definition) is 1. The molecule has 0 aromatic carbocycles. The summed E-state index contributed by atoms with van der Waals surface area (Å²) in [6, 6.07) is 4.18. The van der Waals surface area contributed by atoms with E-state index in [1.807, 2.05) is 10.3 Å². The maximum absolute atomic E-state index is 13.3. The van der Waals surface area contributed by atoms with Gasteiger partial charge in [-0.1, -0.05) is 0 Å². The molecule has 1 fully saturated rings. The number of halogens is 3. The minimum absolute atomic E-state index is 0.0684. The van der Waals surface area contributed by atoms with Gasteiger partial charge in [0.25, 0.3) is 0 Å². The standard InChI is InChI=1S/C22H22F3N5O2S/c1-13-18(4-3-7-26-13)32-19-10-16(22(23,24)25)11-27-20(19)29-21-28-17(12-33-21)15-5-8-30(9-6-15)14(2)31/h3-4,7,10-12,15H,5-6,8-9H2,1-2H3,(H,27,28,29). The Bertz CT molecular complexity index is 1140. The van der Waals surface area contributed by atoms with Crippen molar-refractivity contribution in [2.75, 3.05) is 18.4 Å². The van der Waals surface area contributed by atoms with Crippen molar-refractivity contribution in [3.05, 3.63) is 52.9 Å². The molecule has 1 saturated heterocycles. The first-order valence-electron chi connectivity index (χ1n) is 10.4. The lowest BCUT2D eigenvalue weighted by atomic mass is 9.94. The number of hydrogen-bond acceptors (Lipinski definition) is 7. The second-order valence-corrected chi connectivity index (χ2v) is 8.60. The summed E-state index contributed by atoms with van der Waals surface area (Å²) < 4.78 is 45.6. The molecule has 0 saturated carbocycles. The zero-order valence-electron chi connectivity index (χ0n) is 18.0. The van der Waals surface area contributed by atoms with Crippen molar-refractivity contribution in [1.29, 1.82) is 0 Å². The summed E-state index contributed by atoms with van der Waals surface area (Å²) in [5.74, 6) is 0.672. The molecule has 0 radical (unpaired) electrons. The van der Waals surface area contributed by atoms with Crippen molar-refractivity contribution in [1.82, 2.24) is 19.9 Å². The number of thiazole rings is 1. The first-order chi connectivity index (χ1) is 15.7. The first kappa shape index (κ1) is 23.0. The van der Waals surface area contributed by atoms with Crippen molar-refractivity contribution < 1.29 is 22.7 Å². The van der Waals surface area contributed by atoms with Crippen molar-refractivity contribution >= 4 is 28.2 Å². The topological polar surface area (TPSA) is 80.2 Å². The third-order valence-electron chi connectivity index (χ3n) is 5.46. The maximum atomic E-state index is 13.3. The number of aryl methyl sites for hydroxylation is 1. The fourth-order valence-corrected chi connectivity index (χ4v) is 4.38. The van der Waals surface area contributed by atoms with Crippen LogP contribution in [0.2, 0.25) is 0 Å². The average molecular weight is 478 g/mol. The Labute approximate surface area is 192 Å². The van der Waals surface area contributed by atoms with Crippen LogP contribution in [0, 0.1) is 6.92 Å². The van der Waals surface area contributed by atoms with Gasteiger partial charge >= 0.3 is 6.18 Å². The summed E-state index contributed by atoms with van der Waals surface area (Å²) in [6.45, 7) is 4.63. The second-order valence-electron chi connectivity index (χ2n) is 7.74. The van der Waals surface area contributed by atoms with Crippen molar-refractivity contribution in [2.45, 2.75) is 38.8 Å². The van der Waals surface area contributed by atoms with E-state index in [1.165, 1.54) is 11.3 Å².